The molecule has 9 heteroatoms. The molecule has 0 aromatic rings. The van der Waals surface area contributed by atoms with Crippen molar-refractivity contribution in [2.24, 2.45) is 0 Å². The zero-order chi connectivity index (χ0) is 52.9. The SMILES string of the molecule is CCCCCCC/C=C\C/C=C\CCCCCCCCCCCCCCCCCCCCCCCCCCCCCC(=O)NC(COC1OC(CO)C(O)C(O)C1O)C(O)/C=C/CCCCCCCCCCC. The second-order valence-corrected chi connectivity index (χ2v) is 22.2. The molecule has 0 aromatic carbocycles. The number of carbonyl (C=O) groups is 1. The van der Waals surface area contributed by atoms with E-state index in [2.05, 4.69) is 43.5 Å². The van der Waals surface area contributed by atoms with Crippen LogP contribution in [0.5, 0.6) is 0 Å². The first-order chi connectivity index (χ1) is 35.8. The standard InChI is InChI=1S/C64H121NO8/c1-3-5-7-9-11-13-15-16-17-18-19-20-21-22-23-24-25-26-27-28-29-30-31-32-33-34-35-36-37-38-39-40-41-42-44-46-48-50-52-54-60(68)65-57(56-72-64-63(71)62(70)61(69)59(55-66)73-64)58(67)53-51-49-47-45-43-14-12-10-8-6-4-2/h15-16,18-19,51,53,57-59,61-64,66-67,69-71H,3-14,17,20-50,52,54-56H2,1-2H3,(H,65,68)/b16-15-,19-18-,53-51+. The lowest BCUT2D eigenvalue weighted by Crippen LogP contribution is -2.60. The van der Waals surface area contributed by atoms with E-state index in [0.29, 0.717) is 6.42 Å². The molecule has 0 saturated carbocycles. The highest BCUT2D eigenvalue weighted by Crippen LogP contribution is 2.23. The molecule has 1 saturated heterocycles. The lowest BCUT2D eigenvalue weighted by atomic mass is 9.99. The minimum absolute atomic E-state index is 0.173. The number of ether oxygens (including phenoxy) is 2. The van der Waals surface area contributed by atoms with Crippen molar-refractivity contribution < 1.29 is 39.8 Å². The van der Waals surface area contributed by atoms with Crippen molar-refractivity contribution in [2.45, 2.75) is 352 Å². The Balaban J connectivity index is 2.00. The van der Waals surface area contributed by atoms with Crippen LogP contribution < -0.4 is 5.32 Å². The van der Waals surface area contributed by atoms with Gasteiger partial charge in [-0.1, -0.05) is 288 Å². The van der Waals surface area contributed by atoms with Gasteiger partial charge in [0.1, 0.15) is 24.4 Å². The molecule has 1 amide bonds. The van der Waals surface area contributed by atoms with Gasteiger partial charge in [0.15, 0.2) is 6.29 Å². The van der Waals surface area contributed by atoms with Gasteiger partial charge in [-0.05, 0) is 51.4 Å². The molecule has 0 aromatic heterocycles. The summed E-state index contributed by atoms with van der Waals surface area (Å²) < 4.78 is 11.2. The van der Waals surface area contributed by atoms with Crippen LogP contribution >= 0.6 is 0 Å². The van der Waals surface area contributed by atoms with E-state index >= 15 is 0 Å². The quantitative estimate of drug-likeness (QED) is 0.0261. The molecule has 0 aliphatic carbocycles. The van der Waals surface area contributed by atoms with Gasteiger partial charge < -0.3 is 40.3 Å². The molecule has 7 unspecified atom stereocenters. The molecular formula is C64H121NO8. The van der Waals surface area contributed by atoms with Crippen LogP contribution in [0.3, 0.4) is 0 Å². The van der Waals surface area contributed by atoms with Gasteiger partial charge in [0.25, 0.3) is 0 Å². The number of rotatable bonds is 55. The molecule has 1 fully saturated rings. The van der Waals surface area contributed by atoms with Crippen molar-refractivity contribution in [3.8, 4) is 0 Å². The molecule has 0 radical (unpaired) electrons. The van der Waals surface area contributed by atoms with Crippen molar-refractivity contribution in [1.29, 1.82) is 0 Å². The molecule has 1 heterocycles. The van der Waals surface area contributed by atoms with Gasteiger partial charge in [-0.15, -0.1) is 0 Å². The Morgan fingerprint density at radius 3 is 1.18 bits per heavy atom. The summed E-state index contributed by atoms with van der Waals surface area (Å²) in [7, 11) is 0. The fourth-order valence-corrected chi connectivity index (χ4v) is 10.2. The largest absolute Gasteiger partial charge is 0.394 e. The third-order valence-corrected chi connectivity index (χ3v) is 15.2. The minimum atomic E-state index is -1.56. The van der Waals surface area contributed by atoms with E-state index in [1.807, 2.05) is 6.08 Å². The predicted octanol–water partition coefficient (Wildman–Crippen LogP) is 16.3. The van der Waals surface area contributed by atoms with Crippen molar-refractivity contribution >= 4 is 5.91 Å². The maximum absolute atomic E-state index is 13.0. The Hall–Kier alpha value is -1.59. The number of carbonyl (C=O) groups excluding carboxylic acids is 1. The van der Waals surface area contributed by atoms with E-state index in [0.717, 1.165) is 44.9 Å². The van der Waals surface area contributed by atoms with Crippen LogP contribution in [0, 0.1) is 0 Å². The van der Waals surface area contributed by atoms with Gasteiger partial charge in [0, 0.05) is 6.42 Å². The van der Waals surface area contributed by atoms with Crippen LogP contribution in [0.15, 0.2) is 36.5 Å². The van der Waals surface area contributed by atoms with Crippen LogP contribution in [-0.2, 0) is 14.3 Å². The molecule has 0 bridgehead atoms. The van der Waals surface area contributed by atoms with Crippen molar-refractivity contribution in [1.82, 2.24) is 5.32 Å². The lowest BCUT2D eigenvalue weighted by molar-refractivity contribution is -0.302. The zero-order valence-electron chi connectivity index (χ0n) is 47.9. The lowest BCUT2D eigenvalue weighted by Gasteiger charge is -2.40. The number of hydrogen-bond donors (Lipinski definition) is 6. The van der Waals surface area contributed by atoms with E-state index < -0.39 is 49.5 Å². The number of aliphatic hydroxyl groups is 5. The molecule has 1 rings (SSSR count). The maximum Gasteiger partial charge on any atom is 0.220 e. The highest BCUT2D eigenvalue weighted by atomic mass is 16.7. The summed E-state index contributed by atoms with van der Waals surface area (Å²) in [5.74, 6) is -0.173. The number of nitrogens with one attached hydrogen (secondary N) is 1. The molecule has 7 atom stereocenters. The molecule has 1 aliphatic rings. The second kappa shape index (κ2) is 53.8. The van der Waals surface area contributed by atoms with E-state index in [4.69, 9.17) is 9.47 Å². The molecule has 430 valence electrons. The Labute approximate surface area is 451 Å². The fraction of sp³-hybridized carbons (Fsp3) is 0.891. The van der Waals surface area contributed by atoms with Gasteiger partial charge in [-0.3, -0.25) is 4.79 Å². The van der Waals surface area contributed by atoms with Crippen molar-refractivity contribution in [3.63, 3.8) is 0 Å². The van der Waals surface area contributed by atoms with Crippen LogP contribution in [0.2, 0.25) is 0 Å². The van der Waals surface area contributed by atoms with Gasteiger partial charge in [0.05, 0.1) is 25.4 Å². The summed E-state index contributed by atoms with van der Waals surface area (Å²) in [5, 5.41) is 54.4. The first-order valence-corrected chi connectivity index (χ1v) is 31.7. The van der Waals surface area contributed by atoms with Crippen LogP contribution in [0.4, 0.5) is 0 Å². The molecule has 6 N–H and O–H groups in total. The summed E-state index contributed by atoms with van der Waals surface area (Å²) in [5.41, 5.74) is 0. The van der Waals surface area contributed by atoms with Gasteiger partial charge in [-0.2, -0.15) is 0 Å². The first-order valence-electron chi connectivity index (χ1n) is 31.7. The van der Waals surface area contributed by atoms with Gasteiger partial charge >= 0.3 is 0 Å². The minimum Gasteiger partial charge on any atom is -0.394 e. The molecular weight excluding hydrogens is 911 g/mol. The Morgan fingerprint density at radius 1 is 0.466 bits per heavy atom. The Bertz CT molecular complexity index is 1240. The molecule has 1 aliphatic heterocycles. The zero-order valence-corrected chi connectivity index (χ0v) is 47.9. The average molecular weight is 1030 g/mol. The summed E-state index contributed by atoms with van der Waals surface area (Å²) >= 11 is 0. The number of unbranched alkanes of at least 4 members (excludes halogenated alkanes) is 41. The number of hydrogen-bond acceptors (Lipinski definition) is 8. The average Bonchev–Trinajstić information content (AvgIpc) is 3.39. The number of amides is 1. The van der Waals surface area contributed by atoms with Crippen LogP contribution in [0.25, 0.3) is 0 Å². The highest BCUT2D eigenvalue weighted by molar-refractivity contribution is 5.76. The monoisotopic (exact) mass is 1030 g/mol. The summed E-state index contributed by atoms with van der Waals surface area (Å²) in [6.45, 7) is 3.77. The third kappa shape index (κ3) is 43.1. The van der Waals surface area contributed by atoms with Crippen molar-refractivity contribution in [3.05, 3.63) is 36.5 Å². The van der Waals surface area contributed by atoms with E-state index in [-0.39, 0.29) is 12.5 Å². The Kier molecular flexibility index (Phi) is 51.2. The van der Waals surface area contributed by atoms with E-state index in [1.54, 1.807) is 6.08 Å². The second-order valence-electron chi connectivity index (χ2n) is 22.2. The van der Waals surface area contributed by atoms with Crippen LogP contribution in [-0.4, -0.2) is 87.5 Å². The molecule has 73 heavy (non-hydrogen) atoms. The maximum atomic E-state index is 13.0. The van der Waals surface area contributed by atoms with Gasteiger partial charge in [0.2, 0.25) is 5.91 Å². The molecule has 9 nitrogen and oxygen atoms in total. The fourth-order valence-electron chi connectivity index (χ4n) is 10.2. The van der Waals surface area contributed by atoms with Gasteiger partial charge in [-0.25, -0.2) is 0 Å². The topological polar surface area (TPSA) is 149 Å². The smallest absolute Gasteiger partial charge is 0.220 e. The summed E-state index contributed by atoms with van der Waals surface area (Å²) in [6, 6.07) is -0.801. The summed E-state index contributed by atoms with van der Waals surface area (Å²) in [6.07, 6.45) is 64.1. The summed E-state index contributed by atoms with van der Waals surface area (Å²) in [4.78, 5) is 13.0. The third-order valence-electron chi connectivity index (χ3n) is 15.2. The number of aliphatic hydroxyl groups excluding tert-OH is 5. The normalized spacial score (nSPS) is 19.2. The van der Waals surface area contributed by atoms with Crippen LogP contribution in [0.1, 0.15) is 309 Å². The van der Waals surface area contributed by atoms with E-state index in [1.165, 1.54) is 244 Å². The predicted molar refractivity (Wildman–Crippen MR) is 309 cm³/mol. The molecule has 0 spiro atoms. The Morgan fingerprint density at radius 2 is 0.808 bits per heavy atom. The number of allylic oxidation sites excluding steroid dienone is 5. The van der Waals surface area contributed by atoms with E-state index in [9.17, 15) is 30.3 Å². The van der Waals surface area contributed by atoms with Crippen molar-refractivity contribution in [2.75, 3.05) is 13.2 Å². The highest BCUT2D eigenvalue weighted by Gasteiger charge is 2.44. The first kappa shape index (κ1) is 69.4.